The Morgan fingerprint density at radius 1 is 0.947 bits per heavy atom. The number of benzene rings is 1. The number of ether oxygens (including phenoxy) is 5. The summed E-state index contributed by atoms with van der Waals surface area (Å²) in [6, 6.07) is 6.38. The van der Waals surface area contributed by atoms with Crippen LogP contribution >= 0.6 is 11.3 Å². The lowest BCUT2D eigenvalue weighted by Gasteiger charge is -2.53. The number of aliphatic hydroxyl groups excluding tert-OH is 1. The van der Waals surface area contributed by atoms with E-state index in [0.29, 0.717) is 88.7 Å². The van der Waals surface area contributed by atoms with Gasteiger partial charge in [0.2, 0.25) is 0 Å². The molecule has 11 rings (SSSR count). The van der Waals surface area contributed by atoms with Crippen molar-refractivity contribution >= 4 is 45.9 Å². The molecule has 3 aromatic heterocycles. The van der Waals surface area contributed by atoms with Crippen LogP contribution in [0.15, 0.2) is 35.8 Å². The van der Waals surface area contributed by atoms with Crippen LogP contribution in [0.25, 0.3) is 33.4 Å². The molecule has 7 fully saturated rings. The second kappa shape index (κ2) is 22.9. The van der Waals surface area contributed by atoms with Gasteiger partial charge in [-0.2, -0.15) is 0 Å². The molecule has 5 aliphatic heterocycles. The minimum absolute atomic E-state index is 0.0304. The number of pyridine rings is 1. The number of alkyl carbamates (subject to hydrolysis) is 1. The Morgan fingerprint density at radius 2 is 1.67 bits per heavy atom. The van der Waals surface area contributed by atoms with Gasteiger partial charge in [-0.05, 0) is 108 Å². The monoisotopic (exact) mass is 1070 g/mol. The van der Waals surface area contributed by atoms with Crippen LogP contribution in [0.4, 0.5) is 10.5 Å². The molecule has 0 radical (unpaired) electrons. The maximum Gasteiger partial charge on any atom is 0.408 e. The summed E-state index contributed by atoms with van der Waals surface area (Å²) in [7, 11) is 1.72. The van der Waals surface area contributed by atoms with Gasteiger partial charge in [-0.15, -0.1) is 11.3 Å². The SMILES string of the molecule is CO[C@@H](C)c1ncc(N2CCN(C3CC3)CC2)cc1-c1c(CC(C)(C)CO)c2cc(-c3csc([C@H]([C@H](NC(=O)OC(C)(C)C)C(=O)N4N[C@H](C(=O)O)C5CC4C5)N4CCOCC4)n3)ccc2n1CCOC1CCOCC1. The van der Waals surface area contributed by atoms with E-state index in [1.807, 2.05) is 18.5 Å². The average molecular weight is 1070 g/mol. The number of rotatable bonds is 19. The molecule has 2 saturated carbocycles. The van der Waals surface area contributed by atoms with Crippen molar-refractivity contribution in [3.05, 3.63) is 52.1 Å². The number of aliphatic carboxylic acids is 1. The minimum Gasteiger partial charge on any atom is -0.480 e. The van der Waals surface area contributed by atoms with Crippen molar-refractivity contribution in [3.8, 4) is 22.5 Å². The number of hydrogen-bond donors (Lipinski definition) is 4. The Kier molecular flexibility index (Phi) is 16.4. The lowest BCUT2D eigenvalue weighted by atomic mass is 9.73. The molecule has 7 aliphatic rings. The summed E-state index contributed by atoms with van der Waals surface area (Å²) >= 11 is 1.41. The first kappa shape index (κ1) is 54.6. The van der Waals surface area contributed by atoms with Crippen LogP contribution in [-0.4, -0.2) is 179 Å². The first-order valence-electron chi connectivity index (χ1n) is 27.6. The second-order valence-electron chi connectivity index (χ2n) is 23.5. The number of nitrogens with zero attached hydrogens (tertiary/aromatic N) is 7. The summed E-state index contributed by atoms with van der Waals surface area (Å²) in [5.74, 6) is -1.56. The molecular formula is C56H79N9O10S. The number of carbonyl (C=O) groups excluding carboxylic acids is 2. The van der Waals surface area contributed by atoms with Crippen molar-refractivity contribution in [2.75, 3.05) is 90.9 Å². The fourth-order valence-electron chi connectivity index (χ4n) is 11.8. The number of aliphatic hydroxyl groups is 1. The van der Waals surface area contributed by atoms with Crippen molar-refractivity contribution in [1.82, 2.24) is 40.1 Å². The molecule has 2 amide bonds. The summed E-state index contributed by atoms with van der Waals surface area (Å²) < 4.78 is 32.3. The lowest BCUT2D eigenvalue weighted by molar-refractivity contribution is -0.166. The topological polar surface area (TPSA) is 206 Å². The molecule has 5 saturated heterocycles. The molecule has 4 N–H and O–H groups in total. The maximum absolute atomic E-state index is 15.1. The van der Waals surface area contributed by atoms with E-state index < -0.39 is 47.1 Å². The van der Waals surface area contributed by atoms with Crippen LogP contribution in [-0.2, 0) is 46.2 Å². The van der Waals surface area contributed by atoms with E-state index >= 15 is 4.79 Å². The zero-order chi connectivity index (χ0) is 53.5. The molecule has 76 heavy (non-hydrogen) atoms. The molecule has 2 bridgehead atoms. The molecule has 20 heteroatoms. The minimum atomic E-state index is -1.20. The number of thiazole rings is 1. The zero-order valence-corrected chi connectivity index (χ0v) is 46.2. The van der Waals surface area contributed by atoms with Gasteiger partial charge in [0.1, 0.15) is 22.7 Å². The molecule has 0 unspecified atom stereocenters. The molecule has 414 valence electrons. The van der Waals surface area contributed by atoms with Crippen molar-refractivity contribution < 1.29 is 48.3 Å². The van der Waals surface area contributed by atoms with Gasteiger partial charge in [-0.25, -0.2) is 15.2 Å². The van der Waals surface area contributed by atoms with E-state index in [4.69, 9.17) is 33.7 Å². The number of aromatic nitrogens is 3. The number of carboxylic acids is 1. The number of hydrazine groups is 1. The number of carbonyl (C=O) groups is 3. The van der Waals surface area contributed by atoms with Gasteiger partial charge in [0.25, 0.3) is 5.91 Å². The highest BCUT2D eigenvalue weighted by atomic mass is 32.1. The van der Waals surface area contributed by atoms with E-state index in [1.165, 1.54) is 29.2 Å². The standard InChI is InChI=1S/C56H79N9O10S/c1-34(71-7)46-42(29-39(31-57-46)62-16-14-61(15-17-62)37-9-10-37)49-43(30-56(5,6)33-66)41-28-35(8-11-45(41)64(49)20-25-74-40-12-21-72-22-13-40)44-32-76-51(58-44)50(63-18-23-73-24-19-63)48(59-54(70)75-55(2,3)4)52(67)65-38-26-36(27-38)47(60-65)53(68)69/h8,11,28-29,31-32,34,36-38,40,47-48,50,60,66H,9-10,12-27,30,33H2,1-7H3,(H,59,70)(H,68,69)/t34-,36?,38?,47-,48-,50-/m0/s1. The zero-order valence-electron chi connectivity index (χ0n) is 45.4. The Balaban J connectivity index is 1.08. The normalized spacial score (nSPS) is 23.3. The number of carboxylic acid groups (broad SMARTS) is 1. The van der Waals surface area contributed by atoms with Crippen LogP contribution < -0.4 is 15.6 Å². The molecule has 19 nitrogen and oxygen atoms in total. The van der Waals surface area contributed by atoms with Gasteiger partial charge in [0.15, 0.2) is 0 Å². The van der Waals surface area contributed by atoms with Crippen molar-refractivity contribution in [3.63, 3.8) is 0 Å². The molecule has 4 aromatic rings. The highest BCUT2D eigenvalue weighted by Gasteiger charge is 2.52. The number of hydrogen-bond acceptors (Lipinski definition) is 16. The van der Waals surface area contributed by atoms with Gasteiger partial charge in [-0.3, -0.25) is 29.4 Å². The maximum atomic E-state index is 15.1. The van der Waals surface area contributed by atoms with Gasteiger partial charge >= 0.3 is 12.1 Å². The number of morpholine rings is 1. The highest BCUT2D eigenvalue weighted by molar-refractivity contribution is 7.10. The van der Waals surface area contributed by atoms with Crippen molar-refractivity contribution in [2.45, 2.75) is 141 Å². The third-order valence-corrected chi connectivity index (χ3v) is 17.2. The number of piperazine rings is 1. The first-order valence-corrected chi connectivity index (χ1v) is 28.4. The van der Waals surface area contributed by atoms with E-state index in [0.717, 1.165) is 83.7 Å². The summed E-state index contributed by atoms with van der Waals surface area (Å²) in [5, 5.41) is 29.1. The Morgan fingerprint density at radius 3 is 2.34 bits per heavy atom. The molecular weight excluding hydrogens is 991 g/mol. The second-order valence-corrected chi connectivity index (χ2v) is 24.4. The Bertz CT molecular complexity index is 2700. The summed E-state index contributed by atoms with van der Waals surface area (Å²) in [5.41, 5.74) is 9.19. The first-order chi connectivity index (χ1) is 36.5. The third kappa shape index (κ3) is 11.9. The Labute approximate surface area is 450 Å². The number of fused-ring (bicyclic) bond motifs is 3. The van der Waals surface area contributed by atoms with E-state index in [2.05, 4.69) is 68.1 Å². The summed E-state index contributed by atoms with van der Waals surface area (Å²) in [4.78, 5) is 59.0. The largest absolute Gasteiger partial charge is 0.480 e. The molecule has 4 atom stereocenters. The number of methoxy groups -OCH3 is 1. The van der Waals surface area contributed by atoms with Crippen LogP contribution in [0.1, 0.15) is 108 Å². The van der Waals surface area contributed by atoms with Crippen molar-refractivity contribution in [2.24, 2.45) is 11.3 Å². The summed E-state index contributed by atoms with van der Waals surface area (Å²) in [6.45, 7) is 19.6. The molecule has 8 heterocycles. The van der Waals surface area contributed by atoms with Crippen LogP contribution in [0.2, 0.25) is 0 Å². The lowest BCUT2D eigenvalue weighted by Crippen LogP contribution is -2.72. The van der Waals surface area contributed by atoms with Gasteiger partial charge in [0.05, 0.1) is 67.0 Å². The fourth-order valence-corrected chi connectivity index (χ4v) is 12.8. The number of anilines is 1. The number of nitrogens with one attached hydrogen (secondary N) is 2. The molecule has 0 spiro atoms. The van der Waals surface area contributed by atoms with E-state index in [-0.39, 0.29) is 30.8 Å². The third-order valence-electron chi connectivity index (χ3n) is 16.3. The molecule has 1 aromatic carbocycles. The van der Waals surface area contributed by atoms with E-state index in [1.54, 1.807) is 27.9 Å². The van der Waals surface area contributed by atoms with Crippen LogP contribution in [0.3, 0.4) is 0 Å². The number of amides is 2. The predicted molar refractivity (Wildman–Crippen MR) is 289 cm³/mol. The quantitative estimate of drug-likeness (QED) is 0.0800. The molecule has 2 aliphatic carbocycles. The van der Waals surface area contributed by atoms with Gasteiger partial charge in [-0.1, -0.05) is 19.9 Å². The van der Waals surface area contributed by atoms with Crippen LogP contribution in [0, 0.1) is 11.3 Å². The van der Waals surface area contributed by atoms with Gasteiger partial charge < -0.3 is 48.7 Å². The van der Waals surface area contributed by atoms with Crippen LogP contribution in [0.5, 0.6) is 0 Å². The average Bonchev–Trinajstić information content (AvgIpc) is 4.18. The highest BCUT2D eigenvalue weighted by Crippen LogP contribution is 2.45. The smallest absolute Gasteiger partial charge is 0.408 e. The van der Waals surface area contributed by atoms with Crippen molar-refractivity contribution in [1.29, 1.82) is 0 Å². The summed E-state index contributed by atoms with van der Waals surface area (Å²) in [6.07, 6.45) is 6.96. The van der Waals surface area contributed by atoms with E-state index in [9.17, 15) is 19.8 Å². The van der Waals surface area contributed by atoms with Gasteiger partial charge in [0, 0.05) is 112 Å². The predicted octanol–water partition coefficient (Wildman–Crippen LogP) is 6.42. The Hall–Kier alpha value is -4.77. The fraction of sp³-hybridized carbons (Fsp3) is 0.661.